The van der Waals surface area contributed by atoms with Crippen LogP contribution in [0, 0.1) is 0 Å². The van der Waals surface area contributed by atoms with Gasteiger partial charge in [-0.15, -0.1) is 0 Å². The molecule has 1 heterocycles. The maximum Gasteiger partial charge on any atom is 0.335 e. The summed E-state index contributed by atoms with van der Waals surface area (Å²) in [6.07, 6.45) is 2.31. The Kier molecular flexibility index (Phi) is 4.10. The van der Waals surface area contributed by atoms with Crippen LogP contribution in [-0.4, -0.2) is 11.9 Å². The molecule has 0 aliphatic carbocycles. The smallest absolute Gasteiger partial charge is 0.335 e. The molecule has 116 valence electrons. The zero-order valence-corrected chi connectivity index (χ0v) is 12.5. The lowest BCUT2D eigenvalue weighted by atomic mass is 10.1. The summed E-state index contributed by atoms with van der Waals surface area (Å²) in [5.41, 5.74) is 1.19. The molecule has 1 aliphatic rings. The Morgan fingerprint density at radius 1 is 1.22 bits per heavy atom. The summed E-state index contributed by atoms with van der Waals surface area (Å²) < 4.78 is 11.0. The number of allylic oxidation sites excluding steroid dienone is 1. The number of hydrogen-bond acceptors (Lipinski definition) is 4. The number of hydrogen-bond donors (Lipinski definition) is 1. The van der Waals surface area contributed by atoms with E-state index < -0.39 is 12.2 Å². The van der Waals surface area contributed by atoms with Crippen molar-refractivity contribution in [3.63, 3.8) is 0 Å². The summed E-state index contributed by atoms with van der Waals surface area (Å²) in [6.45, 7) is 1.74. The Balaban J connectivity index is 1.83. The van der Waals surface area contributed by atoms with Crippen molar-refractivity contribution in [2.75, 3.05) is 0 Å². The van der Waals surface area contributed by atoms with Crippen molar-refractivity contribution in [2.45, 2.75) is 13.2 Å². The SMILES string of the molecule is C/C=C/C(=O)Oc1cccc([C@@H]2NC(=O)c3ccccc3O2)c1. The Labute approximate surface area is 133 Å². The number of carbonyl (C=O) groups is 2. The van der Waals surface area contributed by atoms with Gasteiger partial charge >= 0.3 is 5.97 Å². The van der Waals surface area contributed by atoms with E-state index in [9.17, 15) is 9.59 Å². The van der Waals surface area contributed by atoms with E-state index in [1.165, 1.54) is 6.08 Å². The molecule has 1 atom stereocenters. The summed E-state index contributed by atoms with van der Waals surface area (Å²) in [4.78, 5) is 23.6. The van der Waals surface area contributed by atoms with Gasteiger partial charge in [-0.25, -0.2) is 4.79 Å². The standard InChI is InChI=1S/C18H15NO4/c1-2-6-16(20)22-13-8-5-7-12(11-13)18-19-17(21)14-9-3-4-10-15(14)23-18/h2-11,18H,1H3,(H,19,21)/b6-2+/t18-/m1/s1. The number of carbonyl (C=O) groups excluding carboxylic acids is 2. The molecule has 0 spiro atoms. The van der Waals surface area contributed by atoms with Crippen molar-refractivity contribution in [3.05, 3.63) is 71.8 Å². The van der Waals surface area contributed by atoms with Crippen LogP contribution < -0.4 is 14.8 Å². The van der Waals surface area contributed by atoms with Crippen LogP contribution >= 0.6 is 0 Å². The molecule has 0 fully saturated rings. The number of para-hydroxylation sites is 1. The van der Waals surface area contributed by atoms with Crippen LogP contribution in [0.25, 0.3) is 0 Å². The molecule has 1 N–H and O–H groups in total. The molecule has 2 aromatic carbocycles. The van der Waals surface area contributed by atoms with Crippen LogP contribution in [0.3, 0.4) is 0 Å². The highest BCUT2D eigenvalue weighted by Crippen LogP contribution is 2.30. The molecule has 3 rings (SSSR count). The molecule has 5 heteroatoms. The number of ether oxygens (including phenoxy) is 2. The van der Waals surface area contributed by atoms with Crippen molar-refractivity contribution >= 4 is 11.9 Å². The Bertz CT molecular complexity index is 782. The van der Waals surface area contributed by atoms with E-state index in [1.54, 1.807) is 55.5 Å². The summed E-state index contributed by atoms with van der Waals surface area (Å²) in [6, 6.07) is 13.9. The zero-order chi connectivity index (χ0) is 16.2. The first-order valence-electron chi connectivity index (χ1n) is 7.18. The summed E-state index contributed by atoms with van der Waals surface area (Å²) in [5, 5.41) is 2.78. The maximum atomic E-state index is 12.1. The highest BCUT2D eigenvalue weighted by molar-refractivity contribution is 5.98. The van der Waals surface area contributed by atoms with Gasteiger partial charge in [-0.05, 0) is 31.2 Å². The average molecular weight is 309 g/mol. The minimum Gasteiger partial charge on any atom is -0.466 e. The zero-order valence-electron chi connectivity index (χ0n) is 12.5. The van der Waals surface area contributed by atoms with E-state index in [1.807, 2.05) is 6.07 Å². The van der Waals surface area contributed by atoms with E-state index in [4.69, 9.17) is 9.47 Å². The summed E-state index contributed by atoms with van der Waals surface area (Å²) in [5.74, 6) is 0.261. The van der Waals surface area contributed by atoms with Gasteiger partial charge < -0.3 is 14.8 Å². The van der Waals surface area contributed by atoms with Gasteiger partial charge in [-0.2, -0.15) is 0 Å². The molecule has 0 saturated carbocycles. The van der Waals surface area contributed by atoms with Gasteiger partial charge in [0, 0.05) is 11.6 Å². The minimum atomic E-state index is -0.627. The lowest BCUT2D eigenvalue weighted by Crippen LogP contribution is -2.36. The third-order valence-electron chi connectivity index (χ3n) is 3.32. The highest BCUT2D eigenvalue weighted by Gasteiger charge is 2.26. The number of fused-ring (bicyclic) bond motifs is 1. The lowest BCUT2D eigenvalue weighted by Gasteiger charge is -2.27. The number of amides is 1. The number of benzene rings is 2. The Hall–Kier alpha value is -3.08. The fourth-order valence-electron chi connectivity index (χ4n) is 2.29. The third-order valence-corrected chi connectivity index (χ3v) is 3.32. The normalized spacial score (nSPS) is 16.4. The molecular formula is C18H15NO4. The second-order valence-corrected chi connectivity index (χ2v) is 4.96. The Morgan fingerprint density at radius 2 is 2.04 bits per heavy atom. The molecule has 23 heavy (non-hydrogen) atoms. The monoisotopic (exact) mass is 309 g/mol. The van der Waals surface area contributed by atoms with Crippen molar-refractivity contribution in [3.8, 4) is 11.5 Å². The number of nitrogens with one attached hydrogen (secondary N) is 1. The van der Waals surface area contributed by atoms with Gasteiger partial charge in [0.1, 0.15) is 11.5 Å². The third kappa shape index (κ3) is 3.23. The molecule has 0 aromatic heterocycles. The summed E-state index contributed by atoms with van der Waals surface area (Å²) >= 11 is 0. The van der Waals surface area contributed by atoms with Crippen LogP contribution in [0.15, 0.2) is 60.7 Å². The molecule has 0 saturated heterocycles. The second kappa shape index (κ2) is 6.36. The molecule has 0 radical (unpaired) electrons. The second-order valence-electron chi connectivity index (χ2n) is 4.96. The molecule has 0 bridgehead atoms. The number of esters is 1. The van der Waals surface area contributed by atoms with Gasteiger partial charge in [0.2, 0.25) is 0 Å². The van der Waals surface area contributed by atoms with Gasteiger partial charge in [-0.3, -0.25) is 4.79 Å². The largest absolute Gasteiger partial charge is 0.466 e. The maximum absolute atomic E-state index is 12.1. The Morgan fingerprint density at radius 3 is 2.87 bits per heavy atom. The first-order valence-corrected chi connectivity index (χ1v) is 7.18. The van der Waals surface area contributed by atoms with E-state index in [0.717, 1.165) is 0 Å². The predicted molar refractivity (Wildman–Crippen MR) is 84.2 cm³/mol. The van der Waals surface area contributed by atoms with E-state index in [0.29, 0.717) is 22.6 Å². The van der Waals surface area contributed by atoms with Gasteiger partial charge in [-0.1, -0.05) is 30.3 Å². The van der Waals surface area contributed by atoms with Gasteiger partial charge in [0.15, 0.2) is 6.23 Å². The summed E-state index contributed by atoms with van der Waals surface area (Å²) in [7, 11) is 0. The average Bonchev–Trinajstić information content (AvgIpc) is 2.55. The highest BCUT2D eigenvalue weighted by atomic mass is 16.5. The van der Waals surface area contributed by atoms with E-state index in [2.05, 4.69) is 5.32 Å². The number of rotatable bonds is 3. The molecule has 1 aliphatic heterocycles. The topological polar surface area (TPSA) is 64.6 Å². The first kappa shape index (κ1) is 14.8. The lowest BCUT2D eigenvalue weighted by molar-refractivity contribution is -0.129. The van der Waals surface area contributed by atoms with Crippen LogP contribution in [-0.2, 0) is 4.79 Å². The fraction of sp³-hybridized carbons (Fsp3) is 0.111. The van der Waals surface area contributed by atoms with Crippen molar-refractivity contribution in [1.29, 1.82) is 0 Å². The van der Waals surface area contributed by atoms with Crippen molar-refractivity contribution in [2.24, 2.45) is 0 Å². The van der Waals surface area contributed by atoms with E-state index >= 15 is 0 Å². The predicted octanol–water partition coefficient (Wildman–Crippen LogP) is 2.99. The first-order chi connectivity index (χ1) is 11.2. The van der Waals surface area contributed by atoms with Crippen LogP contribution in [0.5, 0.6) is 11.5 Å². The molecule has 1 amide bonds. The van der Waals surface area contributed by atoms with E-state index in [-0.39, 0.29) is 5.91 Å². The van der Waals surface area contributed by atoms with Crippen LogP contribution in [0.2, 0.25) is 0 Å². The minimum absolute atomic E-state index is 0.201. The molecular weight excluding hydrogens is 294 g/mol. The molecule has 2 aromatic rings. The van der Waals surface area contributed by atoms with Crippen molar-refractivity contribution < 1.29 is 19.1 Å². The molecule has 0 unspecified atom stereocenters. The van der Waals surface area contributed by atoms with Gasteiger partial charge in [0.25, 0.3) is 5.91 Å². The van der Waals surface area contributed by atoms with Crippen LogP contribution in [0.1, 0.15) is 29.1 Å². The quantitative estimate of drug-likeness (QED) is 0.538. The van der Waals surface area contributed by atoms with Crippen LogP contribution in [0.4, 0.5) is 0 Å². The fourth-order valence-corrected chi connectivity index (χ4v) is 2.29. The molecule has 5 nitrogen and oxygen atoms in total. The van der Waals surface area contributed by atoms with Gasteiger partial charge in [0.05, 0.1) is 5.56 Å². The van der Waals surface area contributed by atoms with Crippen molar-refractivity contribution in [1.82, 2.24) is 5.32 Å².